The maximum absolute atomic E-state index is 13.4. The number of nitrogens with one attached hydrogen (secondary N) is 1. The van der Waals surface area contributed by atoms with Crippen LogP contribution >= 0.6 is 11.3 Å². The summed E-state index contributed by atoms with van der Waals surface area (Å²) in [5, 5.41) is 4.42. The number of methoxy groups -OCH3 is 2. The summed E-state index contributed by atoms with van der Waals surface area (Å²) in [6.45, 7) is 1.20. The van der Waals surface area contributed by atoms with Gasteiger partial charge in [-0.3, -0.25) is 9.36 Å². The summed E-state index contributed by atoms with van der Waals surface area (Å²) in [5.41, 5.74) is 3.29. The van der Waals surface area contributed by atoms with E-state index < -0.39 is 0 Å². The molecule has 8 heteroatoms. The number of para-hydroxylation sites is 1. The first-order valence-electron chi connectivity index (χ1n) is 11.0. The van der Waals surface area contributed by atoms with E-state index in [0.717, 1.165) is 52.9 Å². The molecule has 0 bridgehead atoms. The van der Waals surface area contributed by atoms with E-state index in [0.29, 0.717) is 18.5 Å². The lowest BCUT2D eigenvalue weighted by Crippen LogP contribution is -2.33. The van der Waals surface area contributed by atoms with Crippen LogP contribution in [0.4, 0.5) is 0 Å². The highest BCUT2D eigenvalue weighted by Gasteiger charge is 2.25. The smallest absolute Gasteiger partial charge is 0.262 e. The molecule has 0 saturated carbocycles. The molecule has 0 amide bonds. The maximum Gasteiger partial charge on any atom is 0.262 e. The van der Waals surface area contributed by atoms with Crippen LogP contribution in [0, 0.1) is 0 Å². The molecule has 1 aliphatic rings. The number of thiophene rings is 1. The van der Waals surface area contributed by atoms with Gasteiger partial charge in [0, 0.05) is 35.3 Å². The summed E-state index contributed by atoms with van der Waals surface area (Å²) in [6, 6.07) is 12.0. The normalized spacial score (nSPS) is 15.4. The van der Waals surface area contributed by atoms with Gasteiger partial charge in [0.15, 0.2) is 0 Å². The van der Waals surface area contributed by atoms with Crippen molar-refractivity contribution in [2.75, 3.05) is 14.2 Å². The zero-order chi connectivity index (χ0) is 22.8. The van der Waals surface area contributed by atoms with Gasteiger partial charge in [-0.15, -0.1) is 11.3 Å². The van der Waals surface area contributed by atoms with Gasteiger partial charge in [-0.25, -0.2) is 9.97 Å². The van der Waals surface area contributed by atoms with Gasteiger partial charge in [0.2, 0.25) is 5.88 Å². The van der Waals surface area contributed by atoms with Gasteiger partial charge in [0.05, 0.1) is 32.5 Å². The molecule has 33 heavy (non-hydrogen) atoms. The second-order valence-corrected chi connectivity index (χ2v) is 9.29. The zero-order valence-corrected chi connectivity index (χ0v) is 19.5. The first kappa shape index (κ1) is 21.6. The Kier molecular flexibility index (Phi) is 6.11. The number of aromatic nitrogens is 3. The van der Waals surface area contributed by atoms with E-state index in [2.05, 4.69) is 15.3 Å². The van der Waals surface area contributed by atoms with Crippen molar-refractivity contribution < 1.29 is 9.47 Å². The molecular weight excluding hydrogens is 436 g/mol. The molecule has 1 atom stereocenters. The Morgan fingerprint density at radius 2 is 2.03 bits per heavy atom. The van der Waals surface area contributed by atoms with E-state index in [-0.39, 0.29) is 5.56 Å². The van der Waals surface area contributed by atoms with Crippen molar-refractivity contribution in [3.05, 3.63) is 80.8 Å². The Bertz CT molecular complexity index is 1330. The van der Waals surface area contributed by atoms with Crippen LogP contribution in [0.3, 0.4) is 0 Å². The number of fused-ring (bicyclic) bond motifs is 3. The Labute approximate surface area is 196 Å². The van der Waals surface area contributed by atoms with E-state index in [4.69, 9.17) is 9.47 Å². The highest BCUT2D eigenvalue weighted by atomic mass is 32.1. The van der Waals surface area contributed by atoms with Gasteiger partial charge in [-0.2, -0.15) is 0 Å². The standard InChI is InChI=1S/C25H26N4O3S/c1-31-20-6-4-3-5-17(20)14-29-15-28-24-23(25(29)30)19-9-8-18(11-21(19)33-24)26-12-16-7-10-22(32-2)27-13-16/h3-7,10,13,15,18,26H,8-9,11-12,14H2,1-2H3. The van der Waals surface area contributed by atoms with Crippen molar-refractivity contribution in [1.29, 1.82) is 0 Å². The molecule has 1 N–H and O–H groups in total. The molecule has 170 valence electrons. The van der Waals surface area contributed by atoms with Gasteiger partial charge in [0.1, 0.15) is 10.6 Å². The Morgan fingerprint density at radius 3 is 2.82 bits per heavy atom. The van der Waals surface area contributed by atoms with Crippen LogP contribution in [0.5, 0.6) is 11.6 Å². The van der Waals surface area contributed by atoms with Gasteiger partial charge in [-0.1, -0.05) is 24.3 Å². The molecule has 0 aliphatic heterocycles. The molecule has 4 aromatic rings. The molecule has 0 radical (unpaired) electrons. The number of rotatable bonds is 7. The van der Waals surface area contributed by atoms with Gasteiger partial charge in [-0.05, 0) is 36.5 Å². The summed E-state index contributed by atoms with van der Waals surface area (Å²) in [7, 11) is 3.26. The summed E-state index contributed by atoms with van der Waals surface area (Å²) in [5.74, 6) is 1.40. The largest absolute Gasteiger partial charge is 0.496 e. The molecule has 1 aliphatic carbocycles. The van der Waals surface area contributed by atoms with Crippen LogP contribution < -0.4 is 20.3 Å². The second kappa shape index (κ2) is 9.33. The minimum absolute atomic E-state index is 0.0270. The van der Waals surface area contributed by atoms with Gasteiger partial charge < -0.3 is 14.8 Å². The van der Waals surface area contributed by atoms with Crippen molar-refractivity contribution in [3.63, 3.8) is 0 Å². The van der Waals surface area contributed by atoms with E-state index in [1.165, 1.54) is 10.4 Å². The third kappa shape index (κ3) is 4.36. The number of ether oxygens (including phenoxy) is 2. The number of pyridine rings is 1. The van der Waals surface area contributed by atoms with Crippen LogP contribution in [-0.4, -0.2) is 34.8 Å². The fourth-order valence-corrected chi connectivity index (χ4v) is 5.66. The van der Waals surface area contributed by atoms with Crippen LogP contribution in [-0.2, 0) is 25.9 Å². The monoisotopic (exact) mass is 462 g/mol. The lowest BCUT2D eigenvalue weighted by atomic mass is 9.93. The molecule has 0 fully saturated rings. The fourth-order valence-electron chi connectivity index (χ4n) is 4.40. The maximum atomic E-state index is 13.4. The van der Waals surface area contributed by atoms with Crippen LogP contribution in [0.25, 0.3) is 10.2 Å². The average Bonchev–Trinajstić information content (AvgIpc) is 3.23. The van der Waals surface area contributed by atoms with E-state index in [1.54, 1.807) is 36.5 Å². The Hall–Kier alpha value is -3.23. The molecule has 0 spiro atoms. The fraction of sp³-hybridized carbons (Fsp3) is 0.320. The van der Waals surface area contributed by atoms with Crippen molar-refractivity contribution in [2.45, 2.75) is 38.4 Å². The first-order valence-corrected chi connectivity index (χ1v) is 11.8. The zero-order valence-electron chi connectivity index (χ0n) is 18.7. The summed E-state index contributed by atoms with van der Waals surface area (Å²) in [4.78, 5) is 24.4. The molecule has 5 rings (SSSR count). The van der Waals surface area contributed by atoms with E-state index >= 15 is 0 Å². The third-order valence-electron chi connectivity index (χ3n) is 6.17. The quantitative estimate of drug-likeness (QED) is 0.453. The van der Waals surface area contributed by atoms with E-state index in [9.17, 15) is 4.79 Å². The van der Waals surface area contributed by atoms with Crippen molar-refractivity contribution >= 4 is 21.6 Å². The molecule has 3 aromatic heterocycles. The predicted octanol–water partition coefficient (Wildman–Crippen LogP) is 3.57. The van der Waals surface area contributed by atoms with Crippen LogP contribution in [0.1, 0.15) is 28.0 Å². The first-order chi connectivity index (χ1) is 16.2. The lowest BCUT2D eigenvalue weighted by molar-refractivity contribution is 0.397. The second-order valence-electron chi connectivity index (χ2n) is 8.20. The Balaban J connectivity index is 1.34. The highest BCUT2D eigenvalue weighted by molar-refractivity contribution is 7.18. The molecule has 1 aromatic carbocycles. The van der Waals surface area contributed by atoms with Gasteiger partial charge in [0.25, 0.3) is 5.56 Å². The minimum Gasteiger partial charge on any atom is -0.496 e. The molecule has 7 nitrogen and oxygen atoms in total. The topological polar surface area (TPSA) is 78.3 Å². The number of hydrogen-bond donors (Lipinski definition) is 1. The molecule has 1 unspecified atom stereocenters. The van der Waals surface area contributed by atoms with Crippen molar-refractivity contribution in [2.24, 2.45) is 0 Å². The van der Waals surface area contributed by atoms with E-state index in [1.807, 2.05) is 42.6 Å². The molecule has 3 heterocycles. The number of aryl methyl sites for hydroxylation is 1. The number of benzene rings is 1. The highest BCUT2D eigenvalue weighted by Crippen LogP contribution is 2.34. The summed E-state index contributed by atoms with van der Waals surface area (Å²) >= 11 is 1.65. The third-order valence-corrected chi connectivity index (χ3v) is 7.33. The van der Waals surface area contributed by atoms with Crippen LogP contribution in [0.2, 0.25) is 0 Å². The summed E-state index contributed by atoms with van der Waals surface area (Å²) in [6.07, 6.45) is 6.28. The molecular formula is C25H26N4O3S. The number of nitrogens with zero attached hydrogens (tertiary/aromatic N) is 3. The Morgan fingerprint density at radius 1 is 1.15 bits per heavy atom. The van der Waals surface area contributed by atoms with Gasteiger partial charge >= 0.3 is 0 Å². The van der Waals surface area contributed by atoms with Crippen molar-refractivity contribution in [1.82, 2.24) is 19.9 Å². The SMILES string of the molecule is COc1ccc(CNC2CCc3c(sc4ncn(Cc5ccccc5OC)c(=O)c34)C2)cn1. The molecule has 0 saturated heterocycles. The predicted molar refractivity (Wildman–Crippen MR) is 129 cm³/mol. The average molecular weight is 463 g/mol. The summed E-state index contributed by atoms with van der Waals surface area (Å²) < 4.78 is 12.3. The number of hydrogen-bond acceptors (Lipinski definition) is 7. The van der Waals surface area contributed by atoms with Crippen molar-refractivity contribution in [3.8, 4) is 11.6 Å². The van der Waals surface area contributed by atoms with Crippen LogP contribution in [0.15, 0.2) is 53.7 Å². The lowest BCUT2D eigenvalue weighted by Gasteiger charge is -2.23. The minimum atomic E-state index is 0.0270.